The van der Waals surface area contributed by atoms with Crippen LogP contribution in [0.1, 0.15) is 23.7 Å². The van der Waals surface area contributed by atoms with Gasteiger partial charge >= 0.3 is 0 Å². The third-order valence-corrected chi connectivity index (χ3v) is 4.52. The Labute approximate surface area is 163 Å². The summed E-state index contributed by atoms with van der Waals surface area (Å²) in [7, 11) is 1.78. The van der Waals surface area contributed by atoms with Gasteiger partial charge in [-0.1, -0.05) is 31.2 Å². The highest BCUT2D eigenvalue weighted by molar-refractivity contribution is 14.0. The summed E-state index contributed by atoms with van der Waals surface area (Å²) in [5.41, 5.74) is 3.68. The first kappa shape index (κ1) is 18.7. The Kier molecular flexibility index (Phi) is 7.04. The summed E-state index contributed by atoms with van der Waals surface area (Å²) in [4.78, 5) is 9.85. The van der Waals surface area contributed by atoms with Gasteiger partial charge in [-0.05, 0) is 17.5 Å². The summed E-state index contributed by atoms with van der Waals surface area (Å²) in [5.74, 6) is 0.785. The summed E-state index contributed by atoms with van der Waals surface area (Å²) in [5, 5.41) is 8.71. The minimum absolute atomic E-state index is 0. The number of aliphatic imine (C=N–C) groups is 1. The molecule has 2 aromatic heterocycles. The molecule has 24 heavy (non-hydrogen) atoms. The number of hydrogen-bond acceptors (Lipinski definition) is 3. The number of benzene rings is 1. The van der Waals surface area contributed by atoms with Crippen LogP contribution < -0.4 is 10.6 Å². The van der Waals surface area contributed by atoms with Gasteiger partial charge in [0.2, 0.25) is 0 Å². The second-order valence-electron chi connectivity index (χ2n) is 5.23. The zero-order valence-corrected chi connectivity index (χ0v) is 17.0. The highest BCUT2D eigenvalue weighted by Gasteiger charge is 2.05. The number of rotatable bonds is 5. The molecule has 3 rings (SSSR count). The van der Waals surface area contributed by atoms with E-state index in [2.05, 4.69) is 51.8 Å². The van der Waals surface area contributed by atoms with E-state index in [4.69, 9.17) is 0 Å². The number of hydrogen-bond donors (Lipinski definition) is 2. The molecule has 0 fully saturated rings. The second kappa shape index (κ2) is 9.03. The van der Waals surface area contributed by atoms with Crippen molar-refractivity contribution in [3.05, 3.63) is 58.9 Å². The first-order valence-electron chi connectivity index (χ1n) is 7.72. The van der Waals surface area contributed by atoms with Gasteiger partial charge in [-0.2, -0.15) is 0 Å². The molecule has 0 bridgehead atoms. The fraction of sp³-hybridized carbons (Fsp3) is 0.294. The molecule has 0 saturated carbocycles. The molecule has 7 heteroatoms. The number of thiazole rings is 1. The third-order valence-electron chi connectivity index (χ3n) is 3.75. The Morgan fingerprint density at radius 3 is 2.67 bits per heavy atom. The van der Waals surface area contributed by atoms with Crippen molar-refractivity contribution < 1.29 is 0 Å². The summed E-state index contributed by atoms with van der Waals surface area (Å²) in [6.45, 7) is 3.60. The fourth-order valence-electron chi connectivity index (χ4n) is 2.51. The molecule has 2 heterocycles. The van der Waals surface area contributed by atoms with Crippen LogP contribution in [0.5, 0.6) is 0 Å². The molecule has 0 amide bonds. The molecule has 0 spiro atoms. The molecule has 0 aliphatic carbocycles. The van der Waals surface area contributed by atoms with Gasteiger partial charge in [0.15, 0.2) is 10.9 Å². The summed E-state index contributed by atoms with van der Waals surface area (Å²) < 4.78 is 2.04. The minimum Gasteiger partial charge on any atom is -0.352 e. The molecule has 0 atom stereocenters. The predicted molar refractivity (Wildman–Crippen MR) is 111 cm³/mol. The Morgan fingerprint density at radius 2 is 1.96 bits per heavy atom. The topological polar surface area (TPSA) is 53.7 Å². The number of guanidine groups is 1. The van der Waals surface area contributed by atoms with Crippen LogP contribution >= 0.6 is 35.3 Å². The number of halogens is 1. The largest absolute Gasteiger partial charge is 0.352 e. The Morgan fingerprint density at radius 1 is 1.21 bits per heavy atom. The third kappa shape index (κ3) is 4.47. The van der Waals surface area contributed by atoms with Crippen LogP contribution in [0.25, 0.3) is 4.96 Å². The van der Waals surface area contributed by atoms with E-state index >= 15 is 0 Å². The van der Waals surface area contributed by atoms with Crippen molar-refractivity contribution in [1.29, 1.82) is 0 Å². The summed E-state index contributed by atoms with van der Waals surface area (Å²) in [6, 6.07) is 8.48. The van der Waals surface area contributed by atoms with Crippen molar-refractivity contribution in [2.24, 2.45) is 4.99 Å². The molecular weight excluding hydrogens is 433 g/mol. The van der Waals surface area contributed by atoms with E-state index in [9.17, 15) is 0 Å². The van der Waals surface area contributed by atoms with Crippen LogP contribution in [-0.4, -0.2) is 22.4 Å². The normalized spacial score (nSPS) is 11.3. The number of nitrogens with one attached hydrogen (secondary N) is 2. The van der Waals surface area contributed by atoms with Gasteiger partial charge < -0.3 is 10.6 Å². The maximum atomic E-state index is 4.56. The maximum Gasteiger partial charge on any atom is 0.193 e. The quantitative estimate of drug-likeness (QED) is 0.352. The van der Waals surface area contributed by atoms with Gasteiger partial charge in [0, 0.05) is 31.4 Å². The molecule has 5 nitrogen and oxygen atoms in total. The Bertz CT molecular complexity index is 780. The van der Waals surface area contributed by atoms with Gasteiger partial charge in [0.05, 0.1) is 12.2 Å². The first-order chi connectivity index (χ1) is 11.3. The van der Waals surface area contributed by atoms with E-state index in [1.54, 1.807) is 18.4 Å². The first-order valence-corrected chi connectivity index (χ1v) is 8.60. The number of nitrogens with zero attached hydrogens (tertiary/aromatic N) is 3. The van der Waals surface area contributed by atoms with Crippen molar-refractivity contribution in [3.8, 4) is 0 Å². The van der Waals surface area contributed by atoms with Gasteiger partial charge in [-0.3, -0.25) is 9.39 Å². The van der Waals surface area contributed by atoms with E-state index in [-0.39, 0.29) is 24.0 Å². The number of imidazole rings is 1. The van der Waals surface area contributed by atoms with Crippen LogP contribution in [0.2, 0.25) is 0 Å². The monoisotopic (exact) mass is 455 g/mol. The molecule has 0 radical (unpaired) electrons. The fourth-order valence-corrected chi connectivity index (χ4v) is 3.23. The van der Waals surface area contributed by atoms with E-state index in [1.165, 1.54) is 11.1 Å². The van der Waals surface area contributed by atoms with Crippen molar-refractivity contribution in [1.82, 2.24) is 20.0 Å². The lowest BCUT2D eigenvalue weighted by Crippen LogP contribution is -2.36. The van der Waals surface area contributed by atoms with Crippen molar-refractivity contribution in [2.75, 3.05) is 7.05 Å². The van der Waals surface area contributed by atoms with Gasteiger partial charge in [0.25, 0.3) is 0 Å². The lowest BCUT2D eigenvalue weighted by Gasteiger charge is -2.13. The lowest BCUT2D eigenvalue weighted by atomic mass is 10.1. The molecule has 128 valence electrons. The number of aromatic nitrogens is 2. The second-order valence-corrected chi connectivity index (χ2v) is 6.10. The van der Waals surface area contributed by atoms with Crippen LogP contribution in [0.15, 0.2) is 47.0 Å². The number of fused-ring (bicyclic) bond motifs is 1. The average Bonchev–Trinajstić information content (AvgIpc) is 3.16. The van der Waals surface area contributed by atoms with E-state index in [0.29, 0.717) is 6.54 Å². The SMILES string of the molecule is CCc1ccccc1CNC(=NC)NCc1cn2ccsc2n1.I. The lowest BCUT2D eigenvalue weighted by molar-refractivity contribution is 0.793. The molecule has 2 N–H and O–H groups in total. The highest BCUT2D eigenvalue weighted by Crippen LogP contribution is 2.11. The van der Waals surface area contributed by atoms with Crippen molar-refractivity contribution >= 4 is 46.2 Å². The summed E-state index contributed by atoms with van der Waals surface area (Å²) in [6.07, 6.45) is 5.10. The molecular formula is C17H22IN5S. The van der Waals surface area contributed by atoms with E-state index in [0.717, 1.165) is 29.6 Å². The Balaban J connectivity index is 0.00000208. The van der Waals surface area contributed by atoms with Crippen LogP contribution in [-0.2, 0) is 19.5 Å². The van der Waals surface area contributed by atoms with Gasteiger partial charge in [-0.25, -0.2) is 4.98 Å². The molecule has 0 aliphatic rings. The van der Waals surface area contributed by atoms with Gasteiger partial charge in [-0.15, -0.1) is 35.3 Å². The zero-order chi connectivity index (χ0) is 16.1. The van der Waals surface area contributed by atoms with Crippen LogP contribution in [0.4, 0.5) is 0 Å². The molecule has 0 saturated heterocycles. The van der Waals surface area contributed by atoms with Gasteiger partial charge in [0.1, 0.15) is 0 Å². The smallest absolute Gasteiger partial charge is 0.193 e. The van der Waals surface area contributed by atoms with Crippen LogP contribution in [0.3, 0.4) is 0 Å². The highest BCUT2D eigenvalue weighted by atomic mass is 127. The molecule has 1 aromatic carbocycles. The minimum atomic E-state index is 0. The van der Waals surface area contributed by atoms with E-state index < -0.39 is 0 Å². The standard InChI is InChI=1S/C17H21N5S.HI/c1-3-13-6-4-5-7-14(13)10-19-16(18-2)20-11-15-12-22-8-9-23-17(22)21-15;/h4-9,12H,3,10-11H2,1-2H3,(H2,18,19,20);1H. The van der Waals surface area contributed by atoms with E-state index in [1.807, 2.05) is 22.2 Å². The van der Waals surface area contributed by atoms with Crippen molar-refractivity contribution in [2.45, 2.75) is 26.4 Å². The maximum absolute atomic E-state index is 4.56. The van der Waals surface area contributed by atoms with Crippen LogP contribution in [0, 0.1) is 0 Å². The zero-order valence-electron chi connectivity index (χ0n) is 13.8. The molecule has 3 aromatic rings. The molecule has 0 unspecified atom stereocenters. The predicted octanol–water partition coefficient (Wildman–Crippen LogP) is 3.44. The Hall–Kier alpha value is -1.61. The summed E-state index contributed by atoms with van der Waals surface area (Å²) >= 11 is 1.64. The number of aryl methyl sites for hydroxylation is 1. The molecule has 0 aliphatic heterocycles. The average molecular weight is 455 g/mol. The van der Waals surface area contributed by atoms with Crippen molar-refractivity contribution in [3.63, 3.8) is 0 Å².